The van der Waals surface area contributed by atoms with Gasteiger partial charge in [0.1, 0.15) is 5.25 Å². The van der Waals surface area contributed by atoms with Crippen LogP contribution in [0.3, 0.4) is 0 Å². The predicted molar refractivity (Wildman–Crippen MR) is 104 cm³/mol. The number of amides is 2. The lowest BCUT2D eigenvalue weighted by Crippen LogP contribution is -2.31. The molecule has 136 valence electrons. The zero-order chi connectivity index (χ0) is 18.8. The van der Waals surface area contributed by atoms with Crippen molar-refractivity contribution in [2.75, 3.05) is 4.90 Å². The number of thioether (sulfide) groups is 1. The van der Waals surface area contributed by atoms with E-state index in [-0.39, 0.29) is 18.2 Å². The van der Waals surface area contributed by atoms with Crippen molar-refractivity contribution in [2.45, 2.75) is 23.3 Å². The molecule has 3 aromatic rings. The lowest BCUT2D eigenvalue weighted by Gasteiger charge is -2.14. The molecule has 2 aromatic carbocycles. The Morgan fingerprint density at radius 1 is 1.07 bits per heavy atom. The van der Waals surface area contributed by atoms with Crippen molar-refractivity contribution in [3.05, 3.63) is 70.5 Å². The van der Waals surface area contributed by atoms with Crippen LogP contribution in [-0.4, -0.2) is 27.3 Å². The maximum absolute atomic E-state index is 12.7. The van der Waals surface area contributed by atoms with Gasteiger partial charge < -0.3 is 4.42 Å². The number of rotatable bonds is 5. The first-order valence-corrected chi connectivity index (χ1v) is 9.93. The molecule has 1 aromatic heterocycles. The quantitative estimate of drug-likeness (QED) is 0.557. The van der Waals surface area contributed by atoms with Gasteiger partial charge in [0.2, 0.25) is 17.7 Å². The van der Waals surface area contributed by atoms with E-state index in [1.54, 1.807) is 24.3 Å². The van der Waals surface area contributed by atoms with E-state index in [1.165, 1.54) is 4.90 Å². The molecule has 1 atom stereocenters. The summed E-state index contributed by atoms with van der Waals surface area (Å²) >= 11 is 4.48. The van der Waals surface area contributed by atoms with Crippen LogP contribution in [0.25, 0.3) is 0 Å². The van der Waals surface area contributed by atoms with Crippen LogP contribution in [0.5, 0.6) is 0 Å². The average molecular weight is 444 g/mol. The van der Waals surface area contributed by atoms with Gasteiger partial charge in [-0.1, -0.05) is 58.0 Å². The Kier molecular flexibility index (Phi) is 5.09. The summed E-state index contributed by atoms with van der Waals surface area (Å²) in [5.74, 6) is -0.0239. The summed E-state index contributed by atoms with van der Waals surface area (Å²) < 4.78 is 6.52. The second kappa shape index (κ2) is 7.66. The van der Waals surface area contributed by atoms with E-state index in [0.29, 0.717) is 23.2 Å². The molecule has 0 aliphatic carbocycles. The second-order valence-corrected chi connectivity index (χ2v) is 8.05. The van der Waals surface area contributed by atoms with Gasteiger partial charge >= 0.3 is 0 Å². The molecule has 27 heavy (non-hydrogen) atoms. The minimum absolute atomic E-state index is 0.107. The molecule has 0 saturated carbocycles. The van der Waals surface area contributed by atoms with E-state index in [9.17, 15) is 9.59 Å². The first kappa shape index (κ1) is 17.9. The molecule has 6 nitrogen and oxygen atoms in total. The van der Waals surface area contributed by atoms with E-state index in [4.69, 9.17) is 4.42 Å². The molecule has 0 spiro atoms. The van der Waals surface area contributed by atoms with Crippen molar-refractivity contribution >= 4 is 45.2 Å². The van der Waals surface area contributed by atoms with Crippen molar-refractivity contribution in [3.8, 4) is 0 Å². The van der Waals surface area contributed by atoms with Gasteiger partial charge in [0.25, 0.3) is 5.22 Å². The molecule has 4 rings (SSSR count). The fourth-order valence-corrected chi connectivity index (χ4v) is 3.98. The number of anilines is 1. The number of halogens is 1. The molecule has 2 heterocycles. The third-order valence-electron chi connectivity index (χ3n) is 4.08. The SMILES string of the molecule is O=C1CC(Sc2nnc(Cc3ccccc3)o2)C(=O)N1c1ccc(Br)cc1. The van der Waals surface area contributed by atoms with Crippen LogP contribution in [0.4, 0.5) is 5.69 Å². The summed E-state index contributed by atoms with van der Waals surface area (Å²) in [6.07, 6.45) is 0.632. The number of carbonyl (C=O) groups excluding carboxylic acids is 2. The lowest BCUT2D eigenvalue weighted by molar-refractivity contribution is -0.121. The predicted octanol–water partition coefficient (Wildman–Crippen LogP) is 3.85. The second-order valence-electron chi connectivity index (χ2n) is 5.98. The third-order valence-corrected chi connectivity index (χ3v) is 5.63. The van der Waals surface area contributed by atoms with Gasteiger partial charge in [-0.3, -0.25) is 9.59 Å². The fraction of sp³-hybridized carbons (Fsp3) is 0.158. The smallest absolute Gasteiger partial charge is 0.277 e. The summed E-state index contributed by atoms with van der Waals surface area (Å²) in [4.78, 5) is 26.2. The molecule has 2 amide bonds. The number of benzene rings is 2. The van der Waals surface area contributed by atoms with E-state index >= 15 is 0 Å². The molecule has 0 radical (unpaired) electrons. The van der Waals surface area contributed by atoms with Crippen LogP contribution in [0.2, 0.25) is 0 Å². The van der Waals surface area contributed by atoms with Crippen molar-refractivity contribution < 1.29 is 14.0 Å². The van der Waals surface area contributed by atoms with Gasteiger partial charge in [-0.05, 0) is 29.8 Å². The van der Waals surface area contributed by atoms with Crippen LogP contribution in [0.15, 0.2) is 68.7 Å². The van der Waals surface area contributed by atoms with Gasteiger partial charge in [0.15, 0.2) is 0 Å². The molecular weight excluding hydrogens is 430 g/mol. The fourth-order valence-electron chi connectivity index (χ4n) is 2.81. The first-order valence-electron chi connectivity index (χ1n) is 8.25. The van der Waals surface area contributed by atoms with Crippen molar-refractivity contribution in [1.82, 2.24) is 10.2 Å². The molecule has 1 unspecified atom stereocenters. The Labute approximate surface area is 168 Å². The van der Waals surface area contributed by atoms with Gasteiger partial charge in [-0.25, -0.2) is 4.90 Å². The number of imide groups is 1. The maximum Gasteiger partial charge on any atom is 0.277 e. The van der Waals surface area contributed by atoms with Gasteiger partial charge in [-0.2, -0.15) is 0 Å². The number of carbonyl (C=O) groups is 2. The molecule has 0 bridgehead atoms. The summed E-state index contributed by atoms with van der Waals surface area (Å²) in [5.41, 5.74) is 1.62. The summed E-state index contributed by atoms with van der Waals surface area (Å²) in [6, 6.07) is 16.8. The molecule has 1 fully saturated rings. The highest BCUT2D eigenvalue weighted by atomic mass is 79.9. The van der Waals surface area contributed by atoms with Gasteiger partial charge in [0.05, 0.1) is 12.1 Å². The molecule has 1 aliphatic heterocycles. The molecular formula is C19H14BrN3O3S. The largest absolute Gasteiger partial charge is 0.416 e. The Bertz CT molecular complexity index is 975. The van der Waals surface area contributed by atoms with Crippen LogP contribution in [-0.2, 0) is 16.0 Å². The zero-order valence-electron chi connectivity index (χ0n) is 14.0. The molecule has 0 N–H and O–H groups in total. The number of hydrogen-bond donors (Lipinski definition) is 0. The molecule has 1 aliphatic rings. The number of hydrogen-bond acceptors (Lipinski definition) is 6. The highest BCUT2D eigenvalue weighted by Gasteiger charge is 2.41. The zero-order valence-corrected chi connectivity index (χ0v) is 16.4. The van der Waals surface area contributed by atoms with Crippen LogP contribution in [0, 0.1) is 0 Å². The highest BCUT2D eigenvalue weighted by molar-refractivity contribution is 9.10. The normalized spacial score (nSPS) is 16.9. The van der Waals surface area contributed by atoms with Gasteiger partial charge in [0, 0.05) is 10.9 Å². The number of nitrogens with zero attached hydrogens (tertiary/aromatic N) is 3. The lowest BCUT2D eigenvalue weighted by atomic mass is 10.2. The summed E-state index contributed by atoms with van der Waals surface area (Å²) in [5, 5.41) is 7.77. The Balaban J connectivity index is 1.45. The van der Waals surface area contributed by atoms with Gasteiger partial charge in [-0.15, -0.1) is 10.2 Å². The van der Waals surface area contributed by atoms with E-state index in [1.807, 2.05) is 30.3 Å². The topological polar surface area (TPSA) is 76.3 Å². The Morgan fingerprint density at radius 2 is 1.81 bits per heavy atom. The minimum atomic E-state index is -0.564. The standard InChI is InChI=1S/C19H14BrN3O3S/c20-13-6-8-14(9-7-13)23-17(24)11-15(18(23)25)27-19-22-21-16(26-19)10-12-4-2-1-3-5-12/h1-9,15H,10-11H2. The van der Waals surface area contributed by atoms with Crippen LogP contribution in [0.1, 0.15) is 17.9 Å². The highest BCUT2D eigenvalue weighted by Crippen LogP contribution is 2.33. The van der Waals surface area contributed by atoms with E-state index < -0.39 is 5.25 Å². The minimum Gasteiger partial charge on any atom is -0.416 e. The average Bonchev–Trinajstić information content (AvgIpc) is 3.21. The van der Waals surface area contributed by atoms with Crippen molar-refractivity contribution in [1.29, 1.82) is 0 Å². The van der Waals surface area contributed by atoms with Crippen molar-refractivity contribution in [3.63, 3.8) is 0 Å². The van der Waals surface area contributed by atoms with E-state index in [0.717, 1.165) is 21.8 Å². The Hall–Kier alpha value is -2.45. The first-order chi connectivity index (χ1) is 13.1. The molecule has 1 saturated heterocycles. The molecule has 8 heteroatoms. The van der Waals surface area contributed by atoms with E-state index in [2.05, 4.69) is 26.1 Å². The van der Waals surface area contributed by atoms with Crippen LogP contribution < -0.4 is 4.90 Å². The summed E-state index contributed by atoms with van der Waals surface area (Å²) in [6.45, 7) is 0. The maximum atomic E-state index is 12.7. The van der Waals surface area contributed by atoms with Crippen molar-refractivity contribution in [2.24, 2.45) is 0 Å². The van der Waals surface area contributed by atoms with Crippen LogP contribution >= 0.6 is 27.7 Å². The monoisotopic (exact) mass is 443 g/mol. The Morgan fingerprint density at radius 3 is 2.56 bits per heavy atom. The summed E-state index contributed by atoms with van der Waals surface area (Å²) in [7, 11) is 0. The number of aromatic nitrogens is 2. The third kappa shape index (κ3) is 3.96.